The van der Waals surface area contributed by atoms with E-state index in [-0.39, 0.29) is 0 Å². The van der Waals surface area contributed by atoms with Crippen molar-refractivity contribution >= 4 is 0 Å². The largest absolute Gasteiger partial charge is 0.334 e. The van der Waals surface area contributed by atoms with E-state index in [1.807, 2.05) is 0 Å². The normalized spacial score (nSPS) is 10.9. The summed E-state index contributed by atoms with van der Waals surface area (Å²) >= 11 is 0. The van der Waals surface area contributed by atoms with E-state index in [4.69, 9.17) is 5.73 Å². The Balaban J connectivity index is 2.26. The van der Waals surface area contributed by atoms with Crippen LogP contribution >= 0.6 is 0 Å². The lowest BCUT2D eigenvalue weighted by Crippen LogP contribution is -2.09. The highest BCUT2D eigenvalue weighted by atomic mass is 15.1. The van der Waals surface area contributed by atoms with E-state index in [9.17, 15) is 0 Å². The molecule has 0 saturated carbocycles. The summed E-state index contributed by atoms with van der Waals surface area (Å²) in [6.45, 7) is 4.83. The number of aromatic nitrogens is 2. The Morgan fingerprint density at radius 3 is 2.44 bits per heavy atom. The molecule has 0 aliphatic rings. The second-order valence-electron chi connectivity index (χ2n) is 4.82. The maximum absolute atomic E-state index is 5.60. The fourth-order valence-corrected chi connectivity index (χ4v) is 2.23. The van der Waals surface area contributed by atoms with Crippen molar-refractivity contribution in [3.63, 3.8) is 0 Å². The minimum atomic E-state index is 0.647. The predicted octanol–water partition coefficient (Wildman–Crippen LogP) is 2.13. The van der Waals surface area contributed by atoms with Crippen LogP contribution in [-0.2, 0) is 19.9 Å². The molecule has 3 nitrogen and oxygen atoms in total. The molecule has 1 aromatic heterocycles. The van der Waals surface area contributed by atoms with E-state index in [2.05, 4.69) is 54.7 Å². The van der Waals surface area contributed by atoms with Gasteiger partial charge in [-0.1, -0.05) is 29.8 Å². The van der Waals surface area contributed by atoms with Crippen LogP contribution in [0.15, 0.2) is 24.3 Å². The van der Waals surface area contributed by atoms with Crippen molar-refractivity contribution < 1.29 is 0 Å². The van der Waals surface area contributed by atoms with Crippen molar-refractivity contribution in [1.29, 1.82) is 0 Å². The van der Waals surface area contributed by atoms with Crippen LogP contribution in [0.5, 0.6) is 0 Å². The fourth-order valence-electron chi connectivity index (χ4n) is 2.23. The van der Waals surface area contributed by atoms with Gasteiger partial charge < -0.3 is 10.3 Å². The SMILES string of the molecule is Cc1ccc(Cc2c(C)nc(CCN)n2C)cc1. The molecule has 0 saturated heterocycles. The van der Waals surface area contributed by atoms with Gasteiger partial charge in [-0.05, 0) is 26.0 Å². The van der Waals surface area contributed by atoms with Gasteiger partial charge in [0.1, 0.15) is 5.82 Å². The molecule has 0 atom stereocenters. The fraction of sp³-hybridized carbons (Fsp3) is 0.400. The highest BCUT2D eigenvalue weighted by molar-refractivity contribution is 5.28. The predicted molar refractivity (Wildman–Crippen MR) is 74.7 cm³/mol. The third kappa shape index (κ3) is 2.62. The molecule has 0 radical (unpaired) electrons. The molecule has 0 fully saturated rings. The van der Waals surface area contributed by atoms with E-state index in [1.165, 1.54) is 16.8 Å². The first-order valence-electron chi connectivity index (χ1n) is 6.38. The number of rotatable bonds is 4. The minimum absolute atomic E-state index is 0.647. The number of imidazole rings is 1. The second kappa shape index (κ2) is 5.36. The number of hydrogen-bond donors (Lipinski definition) is 1. The van der Waals surface area contributed by atoms with E-state index in [0.717, 1.165) is 24.4 Å². The molecule has 1 heterocycles. The van der Waals surface area contributed by atoms with Crippen molar-refractivity contribution in [2.75, 3.05) is 6.54 Å². The quantitative estimate of drug-likeness (QED) is 0.894. The van der Waals surface area contributed by atoms with Gasteiger partial charge in [0, 0.05) is 25.6 Å². The summed E-state index contributed by atoms with van der Waals surface area (Å²) in [6.07, 6.45) is 1.77. The van der Waals surface area contributed by atoms with Gasteiger partial charge in [0.15, 0.2) is 0 Å². The van der Waals surface area contributed by atoms with E-state index < -0.39 is 0 Å². The van der Waals surface area contributed by atoms with Crippen LogP contribution in [0.3, 0.4) is 0 Å². The van der Waals surface area contributed by atoms with Crippen LogP contribution in [0, 0.1) is 13.8 Å². The van der Waals surface area contributed by atoms with Crippen LogP contribution in [-0.4, -0.2) is 16.1 Å². The Kier molecular flexibility index (Phi) is 3.82. The number of hydrogen-bond acceptors (Lipinski definition) is 2. The molecule has 0 bridgehead atoms. The minimum Gasteiger partial charge on any atom is -0.334 e. The zero-order valence-electron chi connectivity index (χ0n) is 11.4. The molecule has 0 unspecified atom stereocenters. The zero-order chi connectivity index (χ0) is 13.1. The van der Waals surface area contributed by atoms with Gasteiger partial charge in [-0.25, -0.2) is 4.98 Å². The zero-order valence-corrected chi connectivity index (χ0v) is 11.4. The molecular weight excluding hydrogens is 222 g/mol. The van der Waals surface area contributed by atoms with Crippen LogP contribution in [0.25, 0.3) is 0 Å². The first-order valence-corrected chi connectivity index (χ1v) is 6.38. The van der Waals surface area contributed by atoms with Crippen molar-refractivity contribution in [3.8, 4) is 0 Å². The van der Waals surface area contributed by atoms with Gasteiger partial charge in [-0.15, -0.1) is 0 Å². The van der Waals surface area contributed by atoms with Gasteiger partial charge in [0.05, 0.1) is 5.69 Å². The summed E-state index contributed by atoms with van der Waals surface area (Å²) in [7, 11) is 2.08. The maximum atomic E-state index is 5.60. The van der Waals surface area contributed by atoms with Gasteiger partial charge >= 0.3 is 0 Å². The lowest BCUT2D eigenvalue weighted by atomic mass is 10.1. The van der Waals surface area contributed by atoms with Crippen LogP contribution in [0.2, 0.25) is 0 Å². The number of nitrogens with two attached hydrogens (primary N) is 1. The number of benzene rings is 1. The molecule has 0 aliphatic carbocycles. The molecule has 0 aliphatic heterocycles. The molecule has 1 aromatic carbocycles. The number of aryl methyl sites for hydroxylation is 2. The summed E-state index contributed by atoms with van der Waals surface area (Å²) in [5.41, 5.74) is 10.6. The van der Waals surface area contributed by atoms with Crippen molar-refractivity contribution in [3.05, 3.63) is 52.6 Å². The van der Waals surface area contributed by atoms with E-state index >= 15 is 0 Å². The first-order chi connectivity index (χ1) is 8.61. The Morgan fingerprint density at radius 1 is 1.17 bits per heavy atom. The highest BCUT2D eigenvalue weighted by Gasteiger charge is 2.11. The Labute approximate surface area is 109 Å². The summed E-state index contributed by atoms with van der Waals surface area (Å²) < 4.78 is 2.18. The maximum Gasteiger partial charge on any atom is 0.110 e. The molecule has 18 heavy (non-hydrogen) atoms. The van der Waals surface area contributed by atoms with Crippen LogP contribution in [0.1, 0.15) is 28.3 Å². The molecule has 2 N–H and O–H groups in total. The highest BCUT2D eigenvalue weighted by Crippen LogP contribution is 2.15. The van der Waals surface area contributed by atoms with Gasteiger partial charge in [0.25, 0.3) is 0 Å². The molecule has 2 rings (SSSR count). The Morgan fingerprint density at radius 2 is 1.83 bits per heavy atom. The molecular formula is C15H21N3. The van der Waals surface area contributed by atoms with Crippen LogP contribution in [0.4, 0.5) is 0 Å². The van der Waals surface area contributed by atoms with E-state index in [0.29, 0.717) is 6.54 Å². The number of nitrogens with zero attached hydrogens (tertiary/aromatic N) is 2. The molecule has 0 spiro atoms. The van der Waals surface area contributed by atoms with Crippen molar-refractivity contribution in [2.24, 2.45) is 12.8 Å². The monoisotopic (exact) mass is 243 g/mol. The third-order valence-corrected chi connectivity index (χ3v) is 3.37. The Hall–Kier alpha value is -1.61. The summed E-state index contributed by atoms with van der Waals surface area (Å²) in [4.78, 5) is 4.60. The molecule has 2 aromatic rings. The average Bonchev–Trinajstić information content (AvgIpc) is 2.60. The first kappa shape index (κ1) is 12.8. The van der Waals surface area contributed by atoms with E-state index in [1.54, 1.807) is 0 Å². The second-order valence-corrected chi connectivity index (χ2v) is 4.82. The lowest BCUT2D eigenvalue weighted by Gasteiger charge is -2.07. The smallest absolute Gasteiger partial charge is 0.110 e. The van der Waals surface area contributed by atoms with Crippen LogP contribution < -0.4 is 5.73 Å². The average molecular weight is 243 g/mol. The van der Waals surface area contributed by atoms with Gasteiger partial charge in [0.2, 0.25) is 0 Å². The third-order valence-electron chi connectivity index (χ3n) is 3.37. The van der Waals surface area contributed by atoms with Gasteiger partial charge in [-0.2, -0.15) is 0 Å². The molecule has 3 heteroatoms. The summed E-state index contributed by atoms with van der Waals surface area (Å²) in [5.74, 6) is 1.08. The van der Waals surface area contributed by atoms with Crippen molar-refractivity contribution in [2.45, 2.75) is 26.7 Å². The lowest BCUT2D eigenvalue weighted by molar-refractivity contribution is 0.749. The standard InChI is InChI=1S/C15H21N3/c1-11-4-6-13(7-5-11)10-14-12(2)17-15(8-9-16)18(14)3/h4-7H,8-10,16H2,1-3H3. The van der Waals surface area contributed by atoms with Gasteiger partial charge in [-0.3, -0.25) is 0 Å². The summed E-state index contributed by atoms with van der Waals surface area (Å²) in [5, 5.41) is 0. The Bertz CT molecular complexity index is 523. The topological polar surface area (TPSA) is 43.8 Å². The molecule has 0 amide bonds. The summed E-state index contributed by atoms with van der Waals surface area (Å²) in [6, 6.07) is 8.68. The van der Waals surface area contributed by atoms with Crippen molar-refractivity contribution in [1.82, 2.24) is 9.55 Å². The molecule has 96 valence electrons.